The van der Waals surface area contributed by atoms with Crippen molar-refractivity contribution in [2.75, 3.05) is 14.2 Å². The minimum absolute atomic E-state index is 0.136. The van der Waals surface area contributed by atoms with Crippen LogP contribution in [0.2, 0.25) is 0 Å². The van der Waals surface area contributed by atoms with E-state index in [1.165, 1.54) is 8.66 Å². The van der Waals surface area contributed by atoms with Gasteiger partial charge in [0.25, 0.3) is 0 Å². The molecule has 0 spiro atoms. The van der Waals surface area contributed by atoms with E-state index in [1.807, 2.05) is 7.05 Å². The third-order valence-electron chi connectivity index (χ3n) is 2.89. The summed E-state index contributed by atoms with van der Waals surface area (Å²) in [6.07, 6.45) is 1.20. The first-order valence-corrected chi connectivity index (χ1v) is 7.43. The highest BCUT2D eigenvalue weighted by molar-refractivity contribution is 9.11. The van der Waals surface area contributed by atoms with Crippen molar-refractivity contribution in [3.8, 4) is 0 Å². The Morgan fingerprint density at radius 3 is 2.41 bits per heavy atom. The highest BCUT2D eigenvalue weighted by Crippen LogP contribution is 2.29. The molecule has 17 heavy (non-hydrogen) atoms. The maximum Gasteiger partial charge on any atom is 0.0775 e. The molecule has 0 aliphatic heterocycles. The number of thiophene rings is 1. The summed E-state index contributed by atoms with van der Waals surface area (Å²) >= 11 is 5.30. The number of methoxy groups -OCH3 is 1. The van der Waals surface area contributed by atoms with Crippen LogP contribution in [0.4, 0.5) is 0 Å². The van der Waals surface area contributed by atoms with Gasteiger partial charge in [-0.05, 0) is 46.9 Å². The molecule has 2 nitrogen and oxygen atoms in total. The molecule has 0 saturated heterocycles. The molecule has 0 saturated carbocycles. The van der Waals surface area contributed by atoms with Gasteiger partial charge >= 0.3 is 0 Å². The number of hydrogen-bond donors (Lipinski definition) is 1. The van der Waals surface area contributed by atoms with Gasteiger partial charge in [0, 0.05) is 18.0 Å². The smallest absolute Gasteiger partial charge is 0.0775 e. The number of ether oxygens (including phenoxy) is 1. The molecule has 98 valence electrons. The van der Waals surface area contributed by atoms with Gasteiger partial charge in [0.15, 0.2) is 0 Å². The Morgan fingerprint density at radius 1 is 1.41 bits per heavy atom. The summed E-state index contributed by atoms with van der Waals surface area (Å²) in [4.78, 5) is 1.38. The zero-order valence-corrected chi connectivity index (χ0v) is 13.6. The fraction of sp³-hybridized carbons (Fsp3) is 0.692. The Morgan fingerprint density at radius 2 is 2.06 bits per heavy atom. The van der Waals surface area contributed by atoms with Crippen molar-refractivity contribution in [2.24, 2.45) is 5.41 Å². The molecule has 0 aromatic carbocycles. The van der Waals surface area contributed by atoms with Crippen molar-refractivity contribution in [3.63, 3.8) is 0 Å². The predicted octanol–water partition coefficient (Wildman–Crippen LogP) is 3.70. The number of nitrogens with one attached hydrogen (secondary N) is 1. The molecule has 0 aliphatic carbocycles. The lowest BCUT2D eigenvalue weighted by atomic mass is 9.83. The summed E-state index contributed by atoms with van der Waals surface area (Å²) in [5.41, 5.74) is 0.136. The van der Waals surface area contributed by atoms with Crippen LogP contribution in [0.5, 0.6) is 0 Å². The molecular formula is C13H22BrNOS. The van der Waals surface area contributed by atoms with Crippen LogP contribution in [0, 0.1) is 5.41 Å². The largest absolute Gasteiger partial charge is 0.379 e. The van der Waals surface area contributed by atoms with Crippen LogP contribution in [-0.4, -0.2) is 26.3 Å². The lowest BCUT2D eigenvalue weighted by Crippen LogP contribution is -2.47. The highest BCUT2D eigenvalue weighted by atomic mass is 79.9. The highest BCUT2D eigenvalue weighted by Gasteiger charge is 2.31. The Balaban J connectivity index is 2.76. The number of rotatable bonds is 5. The van der Waals surface area contributed by atoms with E-state index in [0.717, 1.165) is 6.42 Å². The fourth-order valence-electron chi connectivity index (χ4n) is 2.16. The topological polar surface area (TPSA) is 21.3 Å². The summed E-state index contributed by atoms with van der Waals surface area (Å²) < 4.78 is 6.86. The maximum absolute atomic E-state index is 5.68. The molecule has 0 radical (unpaired) electrons. The van der Waals surface area contributed by atoms with Gasteiger partial charge in [0.1, 0.15) is 0 Å². The SMILES string of the molecule is CNC(Cc1ccc(Br)s1)C(OC)C(C)(C)C. The average molecular weight is 320 g/mol. The van der Waals surface area contributed by atoms with Gasteiger partial charge in [-0.2, -0.15) is 0 Å². The van der Waals surface area contributed by atoms with E-state index in [-0.39, 0.29) is 11.5 Å². The lowest BCUT2D eigenvalue weighted by molar-refractivity contribution is -0.00903. The van der Waals surface area contributed by atoms with E-state index in [4.69, 9.17) is 4.74 Å². The van der Waals surface area contributed by atoms with Crippen LogP contribution in [0.25, 0.3) is 0 Å². The molecule has 1 rings (SSSR count). The number of hydrogen-bond acceptors (Lipinski definition) is 3. The fourth-order valence-corrected chi connectivity index (χ4v) is 3.70. The minimum atomic E-state index is 0.136. The molecule has 4 heteroatoms. The molecular weight excluding hydrogens is 298 g/mol. The van der Waals surface area contributed by atoms with Crippen molar-refractivity contribution in [2.45, 2.75) is 39.3 Å². The Bertz CT molecular complexity index is 345. The van der Waals surface area contributed by atoms with Crippen LogP contribution in [0.3, 0.4) is 0 Å². The molecule has 0 aliphatic rings. The zero-order chi connectivity index (χ0) is 13.1. The van der Waals surface area contributed by atoms with Gasteiger partial charge in [0.2, 0.25) is 0 Å². The molecule has 2 unspecified atom stereocenters. The van der Waals surface area contributed by atoms with Crippen LogP contribution in [0.1, 0.15) is 25.6 Å². The van der Waals surface area contributed by atoms with Gasteiger partial charge in [-0.15, -0.1) is 11.3 Å². The van der Waals surface area contributed by atoms with Gasteiger partial charge in [-0.3, -0.25) is 0 Å². The first kappa shape index (κ1) is 15.2. The van der Waals surface area contributed by atoms with E-state index in [1.54, 1.807) is 18.4 Å². The van der Waals surface area contributed by atoms with E-state index < -0.39 is 0 Å². The maximum atomic E-state index is 5.68. The summed E-state index contributed by atoms with van der Waals surface area (Å²) in [6.45, 7) is 6.65. The van der Waals surface area contributed by atoms with Gasteiger partial charge in [0.05, 0.1) is 9.89 Å². The van der Waals surface area contributed by atoms with Crippen molar-refractivity contribution >= 4 is 27.3 Å². The van der Waals surface area contributed by atoms with Crippen molar-refractivity contribution in [1.29, 1.82) is 0 Å². The zero-order valence-electron chi connectivity index (χ0n) is 11.2. The monoisotopic (exact) mass is 319 g/mol. The van der Waals surface area contributed by atoms with Gasteiger partial charge in [-0.25, -0.2) is 0 Å². The molecule has 1 heterocycles. The van der Waals surface area contributed by atoms with Gasteiger partial charge < -0.3 is 10.1 Å². The first-order chi connectivity index (χ1) is 7.88. The third kappa shape index (κ3) is 4.36. The van der Waals surface area contributed by atoms with Crippen LogP contribution in [-0.2, 0) is 11.2 Å². The average Bonchev–Trinajstić information content (AvgIpc) is 2.61. The first-order valence-electron chi connectivity index (χ1n) is 5.82. The molecule has 1 aromatic rings. The van der Waals surface area contributed by atoms with Crippen LogP contribution >= 0.6 is 27.3 Å². The summed E-state index contributed by atoms with van der Waals surface area (Å²) in [5, 5.41) is 3.38. The van der Waals surface area contributed by atoms with E-state index in [0.29, 0.717) is 6.04 Å². The third-order valence-corrected chi connectivity index (χ3v) is 4.54. The molecule has 0 fully saturated rings. The molecule has 1 N–H and O–H groups in total. The van der Waals surface area contributed by atoms with E-state index in [2.05, 4.69) is 54.2 Å². The summed E-state index contributed by atoms with van der Waals surface area (Å²) in [6, 6.07) is 4.62. The quantitative estimate of drug-likeness (QED) is 0.893. The lowest BCUT2D eigenvalue weighted by Gasteiger charge is -2.35. The molecule has 0 bridgehead atoms. The van der Waals surface area contributed by atoms with Crippen LogP contribution < -0.4 is 5.32 Å². The summed E-state index contributed by atoms with van der Waals surface area (Å²) in [5.74, 6) is 0. The second kappa shape index (κ2) is 6.32. The van der Waals surface area contributed by atoms with Crippen molar-refractivity contribution in [3.05, 3.63) is 20.8 Å². The summed E-state index contributed by atoms with van der Waals surface area (Å²) in [7, 11) is 3.80. The normalized spacial score (nSPS) is 15.9. The van der Waals surface area contributed by atoms with Crippen molar-refractivity contribution in [1.82, 2.24) is 5.32 Å². The second-order valence-corrected chi connectivity index (χ2v) is 7.88. The Kier molecular flexibility index (Phi) is 5.64. The van der Waals surface area contributed by atoms with Crippen LogP contribution in [0.15, 0.2) is 15.9 Å². The molecule has 2 atom stereocenters. The second-order valence-electron chi connectivity index (χ2n) is 5.33. The predicted molar refractivity (Wildman–Crippen MR) is 78.8 cm³/mol. The minimum Gasteiger partial charge on any atom is -0.379 e. The number of halogens is 1. The standard InChI is InChI=1S/C13H22BrNOS/c1-13(2,3)12(16-5)10(15-4)8-9-6-7-11(14)17-9/h6-7,10,12,15H,8H2,1-5H3. The van der Waals surface area contributed by atoms with E-state index in [9.17, 15) is 0 Å². The van der Waals surface area contributed by atoms with E-state index >= 15 is 0 Å². The Labute approximate surface area is 117 Å². The van der Waals surface area contributed by atoms with Gasteiger partial charge in [-0.1, -0.05) is 20.8 Å². The Hall–Kier alpha value is 0.1000. The molecule has 0 amide bonds. The molecule has 1 aromatic heterocycles. The van der Waals surface area contributed by atoms with Crippen molar-refractivity contribution < 1.29 is 4.74 Å². The number of likely N-dealkylation sites (N-methyl/N-ethyl adjacent to an activating group) is 1.